The third-order valence-corrected chi connectivity index (χ3v) is 5.19. The Hall–Kier alpha value is -2.27. The molecule has 0 amide bonds. The number of rotatable bonds is 2. The molecule has 0 saturated carbocycles. The van der Waals surface area contributed by atoms with Gasteiger partial charge in [-0.25, -0.2) is 12.4 Å². The highest BCUT2D eigenvalue weighted by Gasteiger charge is 2.22. The summed E-state index contributed by atoms with van der Waals surface area (Å²) in [5, 5.41) is 10.8. The Morgan fingerprint density at radius 3 is 2.19 bits per heavy atom. The van der Waals surface area contributed by atoms with Gasteiger partial charge in [-0.1, -0.05) is 29.3 Å². The van der Waals surface area contributed by atoms with Crippen molar-refractivity contribution in [2.24, 2.45) is 0 Å². The maximum absolute atomic E-state index is 12.7. The molecule has 4 nitrogen and oxygen atoms in total. The van der Waals surface area contributed by atoms with Crippen LogP contribution in [-0.4, -0.2) is 17.5 Å². The van der Waals surface area contributed by atoms with Crippen LogP contribution >= 0.6 is 0 Å². The summed E-state index contributed by atoms with van der Waals surface area (Å²) in [6.07, 6.45) is 0. The van der Waals surface area contributed by atoms with Gasteiger partial charge in [-0.15, -0.1) is 0 Å². The summed E-state index contributed by atoms with van der Waals surface area (Å²) < 4.78 is 26.4. The zero-order valence-electron chi connectivity index (χ0n) is 11.7. The zero-order chi connectivity index (χ0) is 15.2. The highest BCUT2D eigenvalue weighted by Crippen LogP contribution is 2.30. The maximum Gasteiger partial charge on any atom is 0.271 e. The van der Waals surface area contributed by atoms with Crippen molar-refractivity contribution in [2.75, 3.05) is 0 Å². The molecule has 3 aromatic rings. The van der Waals surface area contributed by atoms with Crippen LogP contribution in [0.3, 0.4) is 0 Å². The molecule has 21 heavy (non-hydrogen) atoms. The van der Waals surface area contributed by atoms with E-state index in [1.54, 1.807) is 30.3 Å². The van der Waals surface area contributed by atoms with Crippen LogP contribution in [0.15, 0.2) is 53.4 Å². The molecule has 3 rings (SSSR count). The van der Waals surface area contributed by atoms with E-state index in [0.717, 1.165) is 15.1 Å². The molecule has 0 fully saturated rings. The minimum absolute atomic E-state index is 0.154. The van der Waals surface area contributed by atoms with Gasteiger partial charge in [-0.3, -0.25) is 0 Å². The van der Waals surface area contributed by atoms with Gasteiger partial charge < -0.3 is 5.11 Å². The van der Waals surface area contributed by atoms with Crippen molar-refractivity contribution >= 4 is 20.9 Å². The SMILES string of the molecule is Cc1ccc(S(=O)(=O)n2c(O)cc3cc(C)ccc32)cc1. The highest BCUT2D eigenvalue weighted by molar-refractivity contribution is 7.90. The molecular weight excluding hydrogens is 286 g/mol. The minimum Gasteiger partial charge on any atom is -0.494 e. The normalized spacial score (nSPS) is 11.9. The van der Waals surface area contributed by atoms with Gasteiger partial charge in [-0.05, 0) is 38.1 Å². The molecule has 5 heteroatoms. The first-order valence-electron chi connectivity index (χ1n) is 6.53. The standard InChI is InChI=1S/C16H15NO3S/c1-11-3-6-14(7-4-11)21(19,20)17-15-8-5-12(2)9-13(15)10-16(17)18/h3-10,18H,1-2H3. The smallest absolute Gasteiger partial charge is 0.271 e. The Labute approximate surface area is 123 Å². The van der Waals surface area contributed by atoms with Crippen LogP contribution in [0.4, 0.5) is 0 Å². The second kappa shape index (κ2) is 4.63. The Morgan fingerprint density at radius 1 is 0.905 bits per heavy atom. The molecule has 0 bridgehead atoms. The number of aryl methyl sites for hydroxylation is 2. The lowest BCUT2D eigenvalue weighted by Gasteiger charge is -2.09. The van der Waals surface area contributed by atoms with Crippen molar-refractivity contribution in [1.82, 2.24) is 3.97 Å². The number of aromatic hydroxyl groups is 1. The van der Waals surface area contributed by atoms with Crippen molar-refractivity contribution < 1.29 is 13.5 Å². The van der Waals surface area contributed by atoms with Crippen molar-refractivity contribution in [3.8, 4) is 5.88 Å². The topological polar surface area (TPSA) is 59.3 Å². The molecule has 1 aromatic heterocycles. The summed E-state index contributed by atoms with van der Waals surface area (Å²) in [6.45, 7) is 3.81. The van der Waals surface area contributed by atoms with E-state index in [4.69, 9.17) is 0 Å². The second-order valence-electron chi connectivity index (χ2n) is 5.15. The second-order valence-corrected chi connectivity index (χ2v) is 6.93. The van der Waals surface area contributed by atoms with E-state index < -0.39 is 10.0 Å². The van der Waals surface area contributed by atoms with E-state index >= 15 is 0 Å². The van der Waals surface area contributed by atoms with Gasteiger partial charge in [0.2, 0.25) is 5.88 Å². The lowest BCUT2D eigenvalue weighted by Crippen LogP contribution is -2.12. The zero-order valence-corrected chi connectivity index (χ0v) is 12.6. The van der Waals surface area contributed by atoms with Gasteiger partial charge in [0.15, 0.2) is 0 Å². The number of nitrogens with zero attached hydrogens (tertiary/aromatic N) is 1. The first-order chi connectivity index (χ1) is 9.89. The summed E-state index contributed by atoms with van der Waals surface area (Å²) in [6, 6.07) is 13.4. The Bertz CT molecular complexity index is 922. The van der Waals surface area contributed by atoms with E-state index in [1.165, 1.54) is 6.07 Å². The van der Waals surface area contributed by atoms with Crippen molar-refractivity contribution in [3.63, 3.8) is 0 Å². The monoisotopic (exact) mass is 301 g/mol. The first kappa shape index (κ1) is 13.7. The van der Waals surface area contributed by atoms with E-state index in [9.17, 15) is 13.5 Å². The Kier molecular flexibility index (Phi) is 3.02. The molecular formula is C16H15NO3S. The first-order valence-corrected chi connectivity index (χ1v) is 7.97. The fraction of sp³-hybridized carbons (Fsp3) is 0.125. The maximum atomic E-state index is 12.7. The summed E-state index contributed by atoms with van der Waals surface area (Å²) >= 11 is 0. The van der Waals surface area contributed by atoms with Crippen LogP contribution in [0, 0.1) is 13.8 Å². The predicted molar refractivity (Wildman–Crippen MR) is 82.1 cm³/mol. The number of benzene rings is 2. The summed E-state index contributed by atoms with van der Waals surface area (Å²) in [4.78, 5) is 0.154. The van der Waals surface area contributed by atoms with Gasteiger partial charge >= 0.3 is 0 Å². The number of aromatic nitrogens is 1. The average molecular weight is 301 g/mol. The predicted octanol–water partition coefficient (Wildman–Crippen LogP) is 3.20. The van der Waals surface area contributed by atoms with Crippen molar-refractivity contribution in [3.05, 3.63) is 59.7 Å². The van der Waals surface area contributed by atoms with E-state index in [-0.39, 0.29) is 10.8 Å². The van der Waals surface area contributed by atoms with Crippen LogP contribution in [0.25, 0.3) is 10.9 Å². The number of hydrogen-bond acceptors (Lipinski definition) is 3. The molecule has 108 valence electrons. The van der Waals surface area contributed by atoms with Crippen LogP contribution in [-0.2, 0) is 10.0 Å². The summed E-state index contributed by atoms with van der Waals surface area (Å²) in [5.41, 5.74) is 2.46. The number of hydrogen-bond donors (Lipinski definition) is 1. The quantitative estimate of drug-likeness (QED) is 0.790. The van der Waals surface area contributed by atoms with Gasteiger partial charge in [0.1, 0.15) is 0 Å². The lowest BCUT2D eigenvalue weighted by atomic mass is 10.2. The molecule has 0 unspecified atom stereocenters. The largest absolute Gasteiger partial charge is 0.494 e. The molecule has 0 atom stereocenters. The molecule has 0 spiro atoms. The van der Waals surface area contributed by atoms with Crippen LogP contribution in [0.5, 0.6) is 5.88 Å². The third kappa shape index (κ3) is 2.19. The molecule has 2 aromatic carbocycles. The fourth-order valence-corrected chi connectivity index (χ4v) is 3.78. The summed E-state index contributed by atoms with van der Waals surface area (Å²) in [7, 11) is -3.82. The Balaban J connectivity index is 2.28. The molecule has 1 heterocycles. The van der Waals surface area contributed by atoms with Crippen molar-refractivity contribution in [2.45, 2.75) is 18.7 Å². The van der Waals surface area contributed by atoms with Gasteiger partial charge in [0, 0.05) is 11.5 Å². The lowest BCUT2D eigenvalue weighted by molar-refractivity contribution is 0.447. The Morgan fingerprint density at radius 2 is 1.52 bits per heavy atom. The minimum atomic E-state index is -3.82. The molecule has 0 aliphatic heterocycles. The highest BCUT2D eigenvalue weighted by atomic mass is 32.2. The van der Waals surface area contributed by atoms with E-state index in [2.05, 4.69) is 0 Å². The molecule has 0 aliphatic carbocycles. The number of fused-ring (bicyclic) bond motifs is 1. The van der Waals surface area contributed by atoms with Crippen LogP contribution < -0.4 is 0 Å². The van der Waals surface area contributed by atoms with Gasteiger partial charge in [-0.2, -0.15) is 0 Å². The molecule has 0 aliphatic rings. The van der Waals surface area contributed by atoms with Crippen molar-refractivity contribution in [1.29, 1.82) is 0 Å². The van der Waals surface area contributed by atoms with Crippen LogP contribution in [0.2, 0.25) is 0 Å². The molecule has 0 saturated heterocycles. The van der Waals surface area contributed by atoms with Gasteiger partial charge in [0.25, 0.3) is 10.0 Å². The third-order valence-electron chi connectivity index (χ3n) is 3.45. The van der Waals surface area contributed by atoms with E-state index in [1.807, 2.05) is 26.0 Å². The van der Waals surface area contributed by atoms with E-state index in [0.29, 0.717) is 10.9 Å². The molecule has 0 radical (unpaired) electrons. The fourth-order valence-electron chi connectivity index (χ4n) is 2.36. The average Bonchev–Trinajstić information content (AvgIpc) is 2.74. The molecule has 1 N–H and O–H groups in total. The summed E-state index contributed by atoms with van der Waals surface area (Å²) in [5.74, 6) is -0.281. The van der Waals surface area contributed by atoms with Gasteiger partial charge in [0.05, 0.1) is 10.4 Å². The van der Waals surface area contributed by atoms with Crippen LogP contribution in [0.1, 0.15) is 11.1 Å².